The average Bonchev–Trinajstić information content (AvgIpc) is 2.86. The Bertz CT molecular complexity index is 970. The molecule has 0 radical (unpaired) electrons. The van der Waals surface area contributed by atoms with Crippen LogP contribution >= 0.6 is 0 Å². The Kier molecular flexibility index (Phi) is 14.5. The second-order valence-electron chi connectivity index (χ2n) is 9.92. The van der Waals surface area contributed by atoms with Crippen LogP contribution in [-0.2, 0) is 30.4 Å². The van der Waals surface area contributed by atoms with E-state index in [2.05, 4.69) is 16.0 Å². The van der Waals surface area contributed by atoms with Gasteiger partial charge in [-0.3, -0.25) is 19.2 Å². The molecule has 11 N–H and O–H groups in total. The van der Waals surface area contributed by atoms with E-state index < -0.39 is 53.8 Å². The molecule has 218 valence electrons. The van der Waals surface area contributed by atoms with Gasteiger partial charge in [0.15, 0.2) is 0 Å². The van der Waals surface area contributed by atoms with Gasteiger partial charge < -0.3 is 43.4 Å². The van der Waals surface area contributed by atoms with Crippen molar-refractivity contribution < 1.29 is 34.2 Å². The Morgan fingerprint density at radius 1 is 0.846 bits per heavy atom. The molecule has 0 aliphatic carbocycles. The van der Waals surface area contributed by atoms with Crippen molar-refractivity contribution in [3.8, 4) is 5.75 Å². The third kappa shape index (κ3) is 13.1. The van der Waals surface area contributed by atoms with Crippen LogP contribution in [0, 0.1) is 5.92 Å². The summed E-state index contributed by atoms with van der Waals surface area (Å²) in [5.74, 6) is -3.87. The molecule has 13 nitrogen and oxygen atoms in total. The molecule has 4 atom stereocenters. The highest BCUT2D eigenvalue weighted by Crippen LogP contribution is 2.13. The number of hydrogen-bond donors (Lipinski definition) is 8. The van der Waals surface area contributed by atoms with Gasteiger partial charge in [-0.2, -0.15) is 0 Å². The Labute approximate surface area is 228 Å². The van der Waals surface area contributed by atoms with Gasteiger partial charge in [0.05, 0.1) is 6.04 Å². The summed E-state index contributed by atoms with van der Waals surface area (Å²) in [6, 6.07) is 1.52. The van der Waals surface area contributed by atoms with Crippen LogP contribution in [0.2, 0.25) is 0 Å². The highest BCUT2D eigenvalue weighted by atomic mass is 16.4. The number of hydrogen-bond acceptors (Lipinski definition) is 8. The molecule has 4 amide bonds. The molecule has 13 heteroatoms. The molecule has 1 aromatic rings. The van der Waals surface area contributed by atoms with Crippen LogP contribution in [0.4, 0.5) is 0 Å². The third-order valence-electron chi connectivity index (χ3n) is 5.95. The molecule has 0 bridgehead atoms. The zero-order chi connectivity index (χ0) is 29.5. The number of aromatic hydroxyl groups is 1. The molecule has 0 saturated carbocycles. The van der Waals surface area contributed by atoms with Crippen LogP contribution in [0.5, 0.6) is 5.75 Å². The van der Waals surface area contributed by atoms with Gasteiger partial charge >= 0.3 is 5.97 Å². The highest BCUT2D eigenvalue weighted by molar-refractivity contribution is 5.94. The van der Waals surface area contributed by atoms with E-state index in [9.17, 15) is 34.2 Å². The number of unbranched alkanes of at least 4 members (excludes halogenated alkanes) is 1. The summed E-state index contributed by atoms with van der Waals surface area (Å²) in [6.07, 6.45) is 1.38. The van der Waals surface area contributed by atoms with Gasteiger partial charge in [0, 0.05) is 12.8 Å². The number of carboxylic acid groups (broad SMARTS) is 1. The lowest BCUT2D eigenvalue weighted by molar-refractivity contribution is -0.142. The van der Waals surface area contributed by atoms with E-state index in [0.29, 0.717) is 24.9 Å². The largest absolute Gasteiger partial charge is 0.508 e. The predicted octanol–water partition coefficient (Wildman–Crippen LogP) is -0.758. The fourth-order valence-corrected chi connectivity index (χ4v) is 3.78. The quantitative estimate of drug-likeness (QED) is 0.107. The minimum absolute atomic E-state index is 0.00719. The number of carbonyl (C=O) groups excluding carboxylic acids is 4. The molecule has 0 saturated heterocycles. The number of primary amides is 1. The summed E-state index contributed by atoms with van der Waals surface area (Å²) in [7, 11) is 0. The summed E-state index contributed by atoms with van der Waals surface area (Å²) >= 11 is 0. The van der Waals surface area contributed by atoms with Crippen LogP contribution in [0.3, 0.4) is 0 Å². The predicted molar refractivity (Wildman–Crippen MR) is 144 cm³/mol. The van der Waals surface area contributed by atoms with E-state index in [1.165, 1.54) is 12.1 Å². The Balaban J connectivity index is 3.10. The number of amides is 4. The maximum Gasteiger partial charge on any atom is 0.326 e. The number of phenols is 1. The normalized spacial score (nSPS) is 14.1. The van der Waals surface area contributed by atoms with Crippen LogP contribution in [0.15, 0.2) is 24.3 Å². The van der Waals surface area contributed by atoms with E-state index >= 15 is 0 Å². The van der Waals surface area contributed by atoms with Crippen LogP contribution in [-0.4, -0.2) is 70.5 Å². The Morgan fingerprint density at radius 3 is 1.95 bits per heavy atom. The summed E-state index contributed by atoms with van der Waals surface area (Å²) in [6.45, 7) is 4.08. The van der Waals surface area contributed by atoms with E-state index in [-0.39, 0.29) is 43.8 Å². The van der Waals surface area contributed by atoms with Gasteiger partial charge in [-0.1, -0.05) is 26.0 Å². The first kappa shape index (κ1) is 33.3. The number of benzene rings is 1. The van der Waals surface area contributed by atoms with Crippen molar-refractivity contribution >= 4 is 29.6 Å². The van der Waals surface area contributed by atoms with E-state index in [0.717, 1.165) is 0 Å². The number of carbonyl (C=O) groups is 5. The summed E-state index contributed by atoms with van der Waals surface area (Å²) < 4.78 is 0. The number of phenolic OH excluding ortho intramolecular Hbond substituents is 1. The minimum atomic E-state index is -1.20. The second-order valence-corrected chi connectivity index (χ2v) is 9.92. The molecular formula is C26H42N6O7. The Hall–Kier alpha value is -3.71. The van der Waals surface area contributed by atoms with Crippen molar-refractivity contribution in [2.45, 2.75) is 83.0 Å². The third-order valence-corrected chi connectivity index (χ3v) is 5.95. The average molecular weight is 551 g/mol. The first-order valence-corrected chi connectivity index (χ1v) is 13.0. The monoisotopic (exact) mass is 550 g/mol. The van der Waals surface area contributed by atoms with E-state index in [1.807, 2.05) is 13.8 Å². The van der Waals surface area contributed by atoms with E-state index in [4.69, 9.17) is 17.2 Å². The summed E-state index contributed by atoms with van der Waals surface area (Å²) in [5.41, 5.74) is 17.1. The van der Waals surface area contributed by atoms with Crippen molar-refractivity contribution in [3.63, 3.8) is 0 Å². The van der Waals surface area contributed by atoms with Gasteiger partial charge in [0.2, 0.25) is 23.6 Å². The van der Waals surface area contributed by atoms with Crippen molar-refractivity contribution in [3.05, 3.63) is 29.8 Å². The molecule has 0 aliphatic heterocycles. The summed E-state index contributed by atoms with van der Waals surface area (Å²) in [5, 5.41) is 26.8. The summed E-state index contributed by atoms with van der Waals surface area (Å²) in [4.78, 5) is 61.9. The van der Waals surface area contributed by atoms with Gasteiger partial charge in [-0.15, -0.1) is 0 Å². The number of aliphatic carboxylic acids is 1. The van der Waals surface area contributed by atoms with Gasteiger partial charge in [0.25, 0.3) is 0 Å². The molecule has 39 heavy (non-hydrogen) atoms. The van der Waals surface area contributed by atoms with Crippen molar-refractivity contribution in [2.75, 3.05) is 6.54 Å². The SMILES string of the molecule is CC(C)CC(NC(=O)C(Cc1ccc(O)cc1)NC(=O)C(N)CCC(N)=O)C(=O)NC(CCCCN)C(=O)O. The lowest BCUT2D eigenvalue weighted by atomic mass is 10.00. The van der Waals surface area contributed by atoms with Crippen molar-refractivity contribution in [1.29, 1.82) is 0 Å². The molecule has 1 aromatic carbocycles. The zero-order valence-corrected chi connectivity index (χ0v) is 22.5. The number of nitrogens with two attached hydrogens (primary N) is 3. The molecule has 0 aromatic heterocycles. The first-order valence-electron chi connectivity index (χ1n) is 13.0. The first-order chi connectivity index (χ1) is 18.3. The molecule has 0 heterocycles. The van der Waals surface area contributed by atoms with Gasteiger partial charge in [-0.25, -0.2) is 4.79 Å². The van der Waals surface area contributed by atoms with Crippen LogP contribution in [0.1, 0.15) is 57.9 Å². The molecule has 0 aliphatic rings. The van der Waals surface area contributed by atoms with Gasteiger partial charge in [-0.05, 0) is 62.3 Å². The zero-order valence-electron chi connectivity index (χ0n) is 22.5. The lowest BCUT2D eigenvalue weighted by Crippen LogP contribution is -2.57. The molecular weight excluding hydrogens is 508 g/mol. The smallest absolute Gasteiger partial charge is 0.326 e. The number of rotatable bonds is 18. The number of carboxylic acids is 1. The fraction of sp³-hybridized carbons (Fsp3) is 0.577. The maximum absolute atomic E-state index is 13.4. The van der Waals surface area contributed by atoms with Crippen molar-refractivity contribution in [2.24, 2.45) is 23.1 Å². The van der Waals surface area contributed by atoms with Crippen molar-refractivity contribution in [1.82, 2.24) is 16.0 Å². The molecule has 0 spiro atoms. The molecule has 1 rings (SSSR count). The minimum Gasteiger partial charge on any atom is -0.508 e. The topological polar surface area (TPSA) is 240 Å². The van der Waals surface area contributed by atoms with Gasteiger partial charge in [0.1, 0.15) is 23.9 Å². The van der Waals surface area contributed by atoms with Crippen LogP contribution < -0.4 is 33.2 Å². The fourth-order valence-electron chi connectivity index (χ4n) is 3.78. The second kappa shape index (κ2) is 17.0. The standard InChI is InChI=1S/C26H42N6O7/c1-15(2)13-20(24(36)30-19(26(38)39)5-3-4-12-27)32-25(37)21(14-16-6-8-17(33)9-7-16)31-23(35)18(28)10-11-22(29)34/h6-9,15,18-21,33H,3-5,10-14,27-28H2,1-2H3,(H2,29,34)(H,30,36)(H,31,35)(H,32,37)(H,38,39). The van der Waals surface area contributed by atoms with E-state index in [1.54, 1.807) is 12.1 Å². The van der Waals surface area contributed by atoms with Crippen LogP contribution in [0.25, 0.3) is 0 Å². The molecule has 0 fully saturated rings. The lowest BCUT2D eigenvalue weighted by Gasteiger charge is -2.26. The highest BCUT2D eigenvalue weighted by Gasteiger charge is 2.31. The maximum atomic E-state index is 13.4. The number of nitrogens with one attached hydrogen (secondary N) is 3. The molecule has 4 unspecified atom stereocenters. The Morgan fingerprint density at radius 2 is 1.41 bits per heavy atom.